The lowest BCUT2D eigenvalue weighted by Crippen LogP contribution is -1.86. The molecule has 0 aliphatic carbocycles. The molecule has 0 fully saturated rings. The van der Waals surface area contributed by atoms with Crippen LogP contribution in [0.3, 0.4) is 0 Å². The lowest BCUT2D eigenvalue weighted by molar-refractivity contribution is -0.109. The fourth-order valence-electron chi connectivity index (χ4n) is 1.35. The minimum atomic E-state index is 0.143. The third kappa shape index (κ3) is 5.46. The molecule has 0 N–H and O–H groups in total. The summed E-state index contributed by atoms with van der Waals surface area (Å²) in [6, 6.07) is 5.91. The standard InChI is InChI=1S/C14H16O2S/c1-11-8-13(10-14(9-11)16-3)6-4-5-7-17-12(2)15/h8-10H,5,7H2,1-3H3. The topological polar surface area (TPSA) is 26.3 Å². The van der Waals surface area contributed by atoms with E-state index in [9.17, 15) is 4.79 Å². The second kappa shape index (κ2) is 7.03. The molecule has 0 unspecified atom stereocenters. The van der Waals surface area contributed by atoms with Crippen LogP contribution in [0.15, 0.2) is 18.2 Å². The number of hydrogen-bond donors (Lipinski definition) is 0. The highest BCUT2D eigenvalue weighted by molar-refractivity contribution is 8.13. The summed E-state index contributed by atoms with van der Waals surface area (Å²) in [5, 5.41) is 0.143. The van der Waals surface area contributed by atoms with Crippen LogP contribution in [0.25, 0.3) is 0 Å². The van der Waals surface area contributed by atoms with Crippen molar-refractivity contribution in [3.8, 4) is 17.6 Å². The average molecular weight is 248 g/mol. The highest BCUT2D eigenvalue weighted by Crippen LogP contribution is 2.15. The first-order chi connectivity index (χ1) is 8.11. The van der Waals surface area contributed by atoms with E-state index in [2.05, 4.69) is 11.8 Å². The third-order valence-electron chi connectivity index (χ3n) is 2.05. The highest BCUT2D eigenvalue weighted by atomic mass is 32.2. The van der Waals surface area contributed by atoms with Gasteiger partial charge in [-0.25, -0.2) is 0 Å². The second-order valence-corrected chi connectivity index (χ2v) is 4.90. The first-order valence-electron chi connectivity index (χ1n) is 5.39. The van der Waals surface area contributed by atoms with E-state index < -0.39 is 0 Å². The molecule has 3 heteroatoms. The molecule has 0 aliphatic rings. The summed E-state index contributed by atoms with van der Waals surface area (Å²) in [7, 11) is 1.65. The Labute approximate surface area is 107 Å². The number of thioether (sulfide) groups is 1. The Hall–Kier alpha value is -1.40. The number of benzene rings is 1. The van der Waals surface area contributed by atoms with Crippen LogP contribution in [-0.2, 0) is 4.79 Å². The van der Waals surface area contributed by atoms with Crippen molar-refractivity contribution in [2.45, 2.75) is 20.3 Å². The molecule has 90 valence electrons. The molecule has 1 rings (SSSR count). The number of methoxy groups -OCH3 is 1. The van der Waals surface area contributed by atoms with E-state index in [-0.39, 0.29) is 5.12 Å². The van der Waals surface area contributed by atoms with E-state index in [0.717, 1.165) is 29.1 Å². The van der Waals surface area contributed by atoms with Crippen LogP contribution in [0, 0.1) is 18.8 Å². The number of hydrogen-bond acceptors (Lipinski definition) is 3. The van der Waals surface area contributed by atoms with Crippen LogP contribution in [0.5, 0.6) is 5.75 Å². The smallest absolute Gasteiger partial charge is 0.185 e. The normalized spacial score (nSPS) is 9.35. The van der Waals surface area contributed by atoms with Gasteiger partial charge in [-0.3, -0.25) is 4.79 Å². The maximum atomic E-state index is 10.7. The quantitative estimate of drug-likeness (QED) is 0.607. The van der Waals surface area contributed by atoms with Gasteiger partial charge in [0.2, 0.25) is 0 Å². The Bertz CT molecular complexity index is 455. The second-order valence-electron chi connectivity index (χ2n) is 3.63. The van der Waals surface area contributed by atoms with Crippen LogP contribution >= 0.6 is 11.8 Å². The predicted octanol–water partition coefficient (Wildman–Crippen LogP) is 3.02. The zero-order valence-corrected chi connectivity index (χ0v) is 11.2. The Kier molecular flexibility index (Phi) is 5.65. The summed E-state index contributed by atoms with van der Waals surface area (Å²) in [5.74, 6) is 7.72. The molecule has 0 radical (unpaired) electrons. The summed E-state index contributed by atoms with van der Waals surface area (Å²) in [6.45, 7) is 3.59. The first kappa shape index (κ1) is 13.7. The fourth-order valence-corrected chi connectivity index (χ4v) is 1.84. The summed E-state index contributed by atoms with van der Waals surface area (Å²) >= 11 is 1.31. The summed E-state index contributed by atoms with van der Waals surface area (Å²) in [4.78, 5) is 10.7. The first-order valence-corrected chi connectivity index (χ1v) is 6.38. The van der Waals surface area contributed by atoms with Gasteiger partial charge in [0.25, 0.3) is 0 Å². The number of carbonyl (C=O) groups excluding carboxylic acids is 1. The monoisotopic (exact) mass is 248 g/mol. The van der Waals surface area contributed by atoms with Crippen molar-refractivity contribution in [2.24, 2.45) is 0 Å². The van der Waals surface area contributed by atoms with Crippen LogP contribution < -0.4 is 4.74 Å². The molecule has 0 aliphatic heterocycles. The van der Waals surface area contributed by atoms with Gasteiger partial charge in [-0.15, -0.1) is 0 Å². The molecule has 2 nitrogen and oxygen atoms in total. The summed E-state index contributed by atoms with van der Waals surface area (Å²) in [5.41, 5.74) is 2.08. The number of carbonyl (C=O) groups is 1. The Morgan fingerprint density at radius 1 is 1.41 bits per heavy atom. The summed E-state index contributed by atoms with van der Waals surface area (Å²) < 4.78 is 5.18. The molecule has 1 aromatic rings. The van der Waals surface area contributed by atoms with Crippen LogP contribution in [0.4, 0.5) is 0 Å². The van der Waals surface area contributed by atoms with E-state index in [1.807, 2.05) is 25.1 Å². The van der Waals surface area contributed by atoms with Crippen molar-refractivity contribution in [2.75, 3.05) is 12.9 Å². The van der Waals surface area contributed by atoms with Gasteiger partial charge < -0.3 is 4.74 Å². The van der Waals surface area contributed by atoms with E-state index in [1.54, 1.807) is 14.0 Å². The van der Waals surface area contributed by atoms with Crippen molar-refractivity contribution >= 4 is 16.9 Å². The molecule has 17 heavy (non-hydrogen) atoms. The minimum Gasteiger partial charge on any atom is -0.497 e. The zero-order chi connectivity index (χ0) is 12.7. The fraction of sp³-hybridized carbons (Fsp3) is 0.357. The SMILES string of the molecule is COc1cc(C)cc(C#CCCSC(C)=O)c1. The van der Waals surface area contributed by atoms with Gasteiger partial charge in [0.05, 0.1) is 7.11 Å². The van der Waals surface area contributed by atoms with Crippen molar-refractivity contribution in [1.82, 2.24) is 0 Å². The third-order valence-corrected chi connectivity index (χ3v) is 2.87. The van der Waals surface area contributed by atoms with Crippen molar-refractivity contribution in [1.29, 1.82) is 0 Å². The predicted molar refractivity (Wildman–Crippen MR) is 72.4 cm³/mol. The minimum absolute atomic E-state index is 0.143. The average Bonchev–Trinajstić information content (AvgIpc) is 2.27. The van der Waals surface area contributed by atoms with Gasteiger partial charge >= 0.3 is 0 Å². The van der Waals surface area contributed by atoms with E-state index in [4.69, 9.17) is 4.74 Å². The van der Waals surface area contributed by atoms with Crippen molar-refractivity contribution < 1.29 is 9.53 Å². The van der Waals surface area contributed by atoms with Crippen LogP contribution in [0.1, 0.15) is 24.5 Å². The molecule has 0 bridgehead atoms. The lowest BCUT2D eigenvalue weighted by atomic mass is 10.1. The maximum absolute atomic E-state index is 10.7. The highest BCUT2D eigenvalue weighted by Gasteiger charge is 1.95. The van der Waals surface area contributed by atoms with Gasteiger partial charge in [0.15, 0.2) is 5.12 Å². The largest absolute Gasteiger partial charge is 0.497 e. The number of aryl methyl sites for hydroxylation is 1. The molecule has 1 aromatic carbocycles. The van der Waals surface area contributed by atoms with Crippen molar-refractivity contribution in [3.63, 3.8) is 0 Å². The van der Waals surface area contributed by atoms with Gasteiger partial charge in [-0.05, 0) is 30.7 Å². The molecule has 0 saturated carbocycles. The molecule has 0 aromatic heterocycles. The molecular weight excluding hydrogens is 232 g/mol. The van der Waals surface area contributed by atoms with Crippen LogP contribution in [-0.4, -0.2) is 18.0 Å². The van der Waals surface area contributed by atoms with E-state index >= 15 is 0 Å². The van der Waals surface area contributed by atoms with Gasteiger partial charge in [-0.2, -0.15) is 0 Å². The maximum Gasteiger partial charge on any atom is 0.185 e. The van der Waals surface area contributed by atoms with Gasteiger partial charge in [0.1, 0.15) is 5.75 Å². The Morgan fingerprint density at radius 3 is 2.82 bits per heavy atom. The molecule has 0 spiro atoms. The number of ether oxygens (including phenoxy) is 1. The van der Waals surface area contributed by atoms with Gasteiger partial charge in [0, 0.05) is 24.7 Å². The zero-order valence-electron chi connectivity index (χ0n) is 10.4. The van der Waals surface area contributed by atoms with E-state index in [1.165, 1.54) is 11.8 Å². The Balaban J connectivity index is 2.59. The van der Waals surface area contributed by atoms with E-state index in [0.29, 0.717) is 0 Å². The lowest BCUT2D eigenvalue weighted by Gasteiger charge is -2.01. The molecule has 0 atom stereocenters. The molecular formula is C14H16O2S. The number of rotatable bonds is 3. The molecule has 0 amide bonds. The van der Waals surface area contributed by atoms with Crippen molar-refractivity contribution in [3.05, 3.63) is 29.3 Å². The van der Waals surface area contributed by atoms with Crippen LogP contribution in [0.2, 0.25) is 0 Å². The van der Waals surface area contributed by atoms with Gasteiger partial charge in [-0.1, -0.05) is 23.6 Å². The summed E-state index contributed by atoms with van der Waals surface area (Å²) in [6.07, 6.45) is 0.723. The molecule has 0 saturated heterocycles. The Morgan fingerprint density at radius 2 is 2.18 bits per heavy atom. The molecule has 0 heterocycles.